The van der Waals surface area contributed by atoms with Crippen LogP contribution in [0.5, 0.6) is 0 Å². The molecule has 0 aliphatic carbocycles. The Morgan fingerprint density at radius 1 is 1.83 bits per heavy atom. The van der Waals surface area contributed by atoms with E-state index in [-0.39, 0.29) is 3.55 Å². The molecule has 1 atom stereocenters. The fourth-order valence-electron chi connectivity index (χ4n) is 0. The molecule has 0 radical (unpaired) electrons. The lowest BCUT2D eigenvalue weighted by atomic mass is 10.3. The van der Waals surface area contributed by atoms with Gasteiger partial charge in [-0.25, -0.2) is 0 Å². The number of nitrogens with two attached hydrogens (primary N) is 1. The van der Waals surface area contributed by atoms with Crippen molar-refractivity contribution < 1.29 is 0 Å². The van der Waals surface area contributed by atoms with Gasteiger partial charge in [0.15, 0.2) is 0 Å². The molecule has 0 rings (SSSR count). The van der Waals surface area contributed by atoms with E-state index in [2.05, 4.69) is 29.5 Å². The molecule has 0 heterocycles. The van der Waals surface area contributed by atoms with E-state index in [9.17, 15) is 0 Å². The summed E-state index contributed by atoms with van der Waals surface area (Å²) in [6, 6.07) is 0. The fraction of sp³-hybridized carbons (Fsp3) is 1.00. The third kappa shape index (κ3) is 4.69. The lowest BCUT2D eigenvalue weighted by Gasteiger charge is -2.10. The fourth-order valence-corrected chi connectivity index (χ4v) is 0. The first-order chi connectivity index (χ1) is 2.56. The third-order valence-corrected chi connectivity index (χ3v) is 1.45. The van der Waals surface area contributed by atoms with E-state index in [1.807, 2.05) is 6.92 Å². The highest BCUT2D eigenvalue weighted by molar-refractivity contribution is 14.1. The summed E-state index contributed by atoms with van der Waals surface area (Å²) in [7, 11) is 0. The van der Waals surface area contributed by atoms with Crippen LogP contribution in [-0.2, 0) is 0 Å². The summed E-state index contributed by atoms with van der Waals surface area (Å²) in [5.41, 5.74) is 5.52. The average molecular weight is 199 g/mol. The smallest absolute Gasteiger partial charge is 0.0649 e. The minimum absolute atomic E-state index is 0.0117. The normalized spacial score (nSPS) is 20.0. The molecule has 0 saturated heterocycles. The molecule has 0 bridgehead atoms. The summed E-state index contributed by atoms with van der Waals surface area (Å²) in [6.45, 7) is 4.08. The van der Waals surface area contributed by atoms with Crippen LogP contribution in [0.2, 0.25) is 0 Å². The summed E-state index contributed by atoms with van der Waals surface area (Å²) < 4.78 is 0.0117. The van der Waals surface area contributed by atoms with E-state index in [1.165, 1.54) is 0 Å². The number of alkyl halides is 1. The quantitative estimate of drug-likeness (QED) is 0.386. The van der Waals surface area contributed by atoms with Gasteiger partial charge in [0.25, 0.3) is 0 Å². The van der Waals surface area contributed by atoms with Crippen LogP contribution in [0.3, 0.4) is 0 Å². The number of hydrogen-bond donors (Lipinski definition) is 1. The maximum Gasteiger partial charge on any atom is 0.0649 e. The Morgan fingerprint density at radius 2 is 2.00 bits per heavy atom. The van der Waals surface area contributed by atoms with Crippen molar-refractivity contribution in [2.45, 2.75) is 23.8 Å². The van der Waals surface area contributed by atoms with Gasteiger partial charge in [0, 0.05) is 0 Å². The van der Waals surface area contributed by atoms with E-state index in [4.69, 9.17) is 5.73 Å². The van der Waals surface area contributed by atoms with Crippen LogP contribution in [0.1, 0.15) is 20.3 Å². The molecule has 0 aromatic heterocycles. The molecule has 0 saturated carbocycles. The summed E-state index contributed by atoms with van der Waals surface area (Å²) in [6.07, 6.45) is 1.04. The Labute approximate surface area is 52.4 Å². The highest BCUT2D eigenvalue weighted by Crippen LogP contribution is 2.12. The van der Waals surface area contributed by atoms with Crippen LogP contribution < -0.4 is 5.73 Å². The van der Waals surface area contributed by atoms with Crippen molar-refractivity contribution in [3.63, 3.8) is 0 Å². The van der Waals surface area contributed by atoms with Gasteiger partial charge in [-0.05, 0) is 13.3 Å². The maximum absolute atomic E-state index is 5.52. The van der Waals surface area contributed by atoms with Gasteiger partial charge in [-0.15, -0.1) is 0 Å². The second-order valence-corrected chi connectivity index (χ2v) is 4.10. The van der Waals surface area contributed by atoms with Crippen LogP contribution in [0, 0.1) is 0 Å². The van der Waals surface area contributed by atoms with Crippen LogP contribution in [0.15, 0.2) is 0 Å². The minimum Gasteiger partial charge on any atom is -0.317 e. The van der Waals surface area contributed by atoms with Gasteiger partial charge in [-0.3, -0.25) is 0 Å². The van der Waals surface area contributed by atoms with Gasteiger partial charge >= 0.3 is 0 Å². The van der Waals surface area contributed by atoms with Crippen molar-refractivity contribution in [1.29, 1.82) is 0 Å². The molecule has 38 valence electrons. The van der Waals surface area contributed by atoms with Crippen molar-refractivity contribution in [2.75, 3.05) is 0 Å². The Hall–Kier alpha value is 0.690. The summed E-state index contributed by atoms with van der Waals surface area (Å²) in [4.78, 5) is 0. The van der Waals surface area contributed by atoms with Gasteiger partial charge in [-0.2, -0.15) is 0 Å². The molecule has 1 unspecified atom stereocenters. The zero-order valence-electron chi connectivity index (χ0n) is 4.16. The Balaban J connectivity index is 3.17. The number of halogens is 1. The Morgan fingerprint density at radius 3 is 2.00 bits per heavy atom. The average Bonchev–Trinajstić information content (AvgIpc) is 1.35. The van der Waals surface area contributed by atoms with Crippen molar-refractivity contribution in [3.8, 4) is 0 Å². The lowest BCUT2D eigenvalue weighted by Crippen LogP contribution is -2.25. The topological polar surface area (TPSA) is 26.0 Å². The van der Waals surface area contributed by atoms with Crippen molar-refractivity contribution in [3.05, 3.63) is 0 Å². The zero-order chi connectivity index (χ0) is 5.21. The summed E-state index contributed by atoms with van der Waals surface area (Å²) in [5, 5.41) is 0. The van der Waals surface area contributed by atoms with Crippen LogP contribution in [0.4, 0.5) is 0 Å². The van der Waals surface area contributed by atoms with Crippen molar-refractivity contribution in [2.24, 2.45) is 5.73 Å². The van der Waals surface area contributed by atoms with Gasteiger partial charge in [0.2, 0.25) is 0 Å². The van der Waals surface area contributed by atoms with Crippen LogP contribution in [-0.4, -0.2) is 3.55 Å². The van der Waals surface area contributed by atoms with Gasteiger partial charge in [-0.1, -0.05) is 29.5 Å². The Kier molecular flexibility index (Phi) is 2.36. The molecular weight excluding hydrogens is 189 g/mol. The highest BCUT2D eigenvalue weighted by Gasteiger charge is 2.06. The first kappa shape index (κ1) is 6.69. The largest absolute Gasteiger partial charge is 0.317 e. The van der Waals surface area contributed by atoms with Gasteiger partial charge in [0.05, 0.1) is 3.55 Å². The van der Waals surface area contributed by atoms with Crippen molar-refractivity contribution in [1.82, 2.24) is 0 Å². The number of hydrogen-bond acceptors (Lipinski definition) is 1. The molecule has 0 aliphatic heterocycles. The maximum atomic E-state index is 5.52. The molecule has 6 heavy (non-hydrogen) atoms. The lowest BCUT2D eigenvalue weighted by molar-refractivity contribution is 0.685. The molecule has 0 spiro atoms. The molecule has 0 aliphatic rings. The molecule has 0 aromatic rings. The molecule has 0 amide bonds. The third-order valence-electron chi connectivity index (χ3n) is 0.691. The van der Waals surface area contributed by atoms with E-state index < -0.39 is 0 Å². The van der Waals surface area contributed by atoms with E-state index in [0.717, 1.165) is 6.42 Å². The standard InChI is InChI=1S/C4H10IN/c1-3-4(2,5)6/h3,6H2,1-2H3. The predicted octanol–water partition coefficient (Wildman–Crippen LogP) is 1.51. The Bertz CT molecular complexity index is 37.3. The van der Waals surface area contributed by atoms with Crippen LogP contribution in [0.25, 0.3) is 0 Å². The van der Waals surface area contributed by atoms with Gasteiger partial charge in [0.1, 0.15) is 0 Å². The van der Waals surface area contributed by atoms with Crippen molar-refractivity contribution >= 4 is 22.6 Å². The monoisotopic (exact) mass is 199 g/mol. The summed E-state index contributed by atoms with van der Waals surface area (Å²) in [5.74, 6) is 0. The highest BCUT2D eigenvalue weighted by atomic mass is 127. The van der Waals surface area contributed by atoms with Gasteiger partial charge < -0.3 is 5.73 Å². The first-order valence-electron chi connectivity index (χ1n) is 2.04. The second-order valence-electron chi connectivity index (χ2n) is 1.63. The summed E-state index contributed by atoms with van der Waals surface area (Å²) >= 11 is 2.22. The van der Waals surface area contributed by atoms with E-state index in [0.29, 0.717) is 0 Å². The minimum atomic E-state index is 0.0117. The molecule has 2 heteroatoms. The van der Waals surface area contributed by atoms with Crippen LogP contribution >= 0.6 is 22.6 Å². The predicted molar refractivity (Wildman–Crippen MR) is 36.9 cm³/mol. The first-order valence-corrected chi connectivity index (χ1v) is 3.12. The molecule has 0 aromatic carbocycles. The molecule has 1 nitrogen and oxygen atoms in total. The van der Waals surface area contributed by atoms with E-state index in [1.54, 1.807) is 0 Å². The molecular formula is C4H10IN. The van der Waals surface area contributed by atoms with E-state index >= 15 is 0 Å². The molecule has 2 N–H and O–H groups in total. The number of rotatable bonds is 1. The SMILES string of the molecule is CCC(C)(N)I. The zero-order valence-corrected chi connectivity index (χ0v) is 6.32. The second kappa shape index (κ2) is 2.12. The molecule has 0 fully saturated rings.